The number of ether oxygens (including phenoxy) is 2. The summed E-state index contributed by atoms with van der Waals surface area (Å²) < 4.78 is 10.6. The molecule has 0 spiro atoms. The molecule has 28 heavy (non-hydrogen) atoms. The van der Waals surface area contributed by atoms with Crippen LogP contribution >= 0.6 is 0 Å². The highest BCUT2D eigenvalue weighted by molar-refractivity contribution is 5.74. The average molecular weight is 374 g/mol. The van der Waals surface area contributed by atoms with E-state index in [-0.39, 0.29) is 11.9 Å². The number of carbonyl (C=O) groups excluding carboxylic acids is 2. The highest BCUT2D eigenvalue weighted by Gasteiger charge is 2.08. The minimum Gasteiger partial charge on any atom is -0.427 e. The second-order valence-electron chi connectivity index (χ2n) is 6.39. The Morgan fingerprint density at radius 1 is 0.536 bits per heavy atom. The number of esters is 2. The summed E-state index contributed by atoms with van der Waals surface area (Å²) >= 11 is 0. The van der Waals surface area contributed by atoms with Crippen LogP contribution in [0.3, 0.4) is 0 Å². The fraction of sp³-hybridized carbons (Fsp3) is 0.167. The summed E-state index contributed by atoms with van der Waals surface area (Å²) in [7, 11) is 0. The van der Waals surface area contributed by atoms with Crippen LogP contribution in [0.2, 0.25) is 0 Å². The molecule has 3 rings (SSSR count). The van der Waals surface area contributed by atoms with Gasteiger partial charge in [-0.1, -0.05) is 60.7 Å². The molecule has 0 fully saturated rings. The number of hydrogen-bond acceptors (Lipinski definition) is 4. The number of aryl methyl sites for hydroxylation is 2. The smallest absolute Gasteiger partial charge is 0.311 e. The first-order valence-corrected chi connectivity index (χ1v) is 9.28. The Morgan fingerprint density at radius 3 is 1.25 bits per heavy atom. The molecular formula is C24H22O4. The molecule has 142 valence electrons. The average Bonchev–Trinajstić information content (AvgIpc) is 2.74. The summed E-state index contributed by atoms with van der Waals surface area (Å²) in [5.74, 6) is 0.275. The van der Waals surface area contributed by atoms with E-state index in [9.17, 15) is 9.59 Å². The monoisotopic (exact) mass is 374 g/mol. The highest BCUT2D eigenvalue weighted by atomic mass is 16.5. The summed E-state index contributed by atoms with van der Waals surface area (Å²) in [5.41, 5.74) is 2.19. The largest absolute Gasteiger partial charge is 0.427 e. The third-order valence-corrected chi connectivity index (χ3v) is 4.21. The maximum Gasteiger partial charge on any atom is 0.311 e. The first kappa shape index (κ1) is 19.4. The minimum absolute atomic E-state index is 0.295. The fourth-order valence-electron chi connectivity index (χ4n) is 2.72. The van der Waals surface area contributed by atoms with Gasteiger partial charge in [0.15, 0.2) is 0 Å². The van der Waals surface area contributed by atoms with Crippen molar-refractivity contribution in [3.63, 3.8) is 0 Å². The van der Waals surface area contributed by atoms with Crippen LogP contribution in [0.15, 0.2) is 84.9 Å². The molecule has 4 heteroatoms. The zero-order valence-corrected chi connectivity index (χ0v) is 15.5. The summed E-state index contributed by atoms with van der Waals surface area (Å²) in [6.07, 6.45) is 1.88. The van der Waals surface area contributed by atoms with Crippen LogP contribution in [-0.4, -0.2) is 11.9 Å². The second-order valence-corrected chi connectivity index (χ2v) is 6.39. The number of carbonyl (C=O) groups is 2. The van der Waals surface area contributed by atoms with Crippen LogP contribution in [0.5, 0.6) is 11.5 Å². The molecule has 0 amide bonds. The fourth-order valence-corrected chi connectivity index (χ4v) is 2.72. The van der Waals surface area contributed by atoms with E-state index < -0.39 is 0 Å². The molecule has 0 saturated carbocycles. The van der Waals surface area contributed by atoms with Crippen molar-refractivity contribution in [1.29, 1.82) is 0 Å². The Balaban J connectivity index is 1.42. The van der Waals surface area contributed by atoms with Crippen LogP contribution in [0, 0.1) is 0 Å². The van der Waals surface area contributed by atoms with Crippen molar-refractivity contribution in [2.24, 2.45) is 0 Å². The molecule has 0 saturated heterocycles. The van der Waals surface area contributed by atoms with Crippen LogP contribution in [-0.2, 0) is 22.4 Å². The van der Waals surface area contributed by atoms with E-state index in [4.69, 9.17) is 9.47 Å². The van der Waals surface area contributed by atoms with Crippen LogP contribution in [0.1, 0.15) is 24.0 Å². The molecule has 0 N–H and O–H groups in total. The molecule has 0 aliphatic heterocycles. The third kappa shape index (κ3) is 6.40. The first-order valence-electron chi connectivity index (χ1n) is 9.28. The number of benzene rings is 3. The van der Waals surface area contributed by atoms with E-state index in [1.54, 1.807) is 24.3 Å². The molecule has 0 atom stereocenters. The van der Waals surface area contributed by atoms with Gasteiger partial charge in [0.2, 0.25) is 0 Å². The van der Waals surface area contributed by atoms with Crippen molar-refractivity contribution in [2.45, 2.75) is 25.7 Å². The van der Waals surface area contributed by atoms with E-state index in [0.717, 1.165) is 11.1 Å². The van der Waals surface area contributed by atoms with Crippen molar-refractivity contribution in [3.8, 4) is 11.5 Å². The molecule has 0 radical (unpaired) electrons. The summed E-state index contributed by atoms with van der Waals surface area (Å²) in [6, 6.07) is 26.1. The lowest BCUT2D eigenvalue weighted by Gasteiger charge is -2.07. The van der Waals surface area contributed by atoms with E-state index in [1.165, 1.54) is 0 Å². The molecule has 3 aromatic carbocycles. The van der Waals surface area contributed by atoms with Gasteiger partial charge in [-0.2, -0.15) is 0 Å². The lowest BCUT2D eigenvalue weighted by atomic mass is 10.1. The van der Waals surface area contributed by atoms with Gasteiger partial charge in [0, 0.05) is 12.8 Å². The minimum atomic E-state index is -0.295. The summed E-state index contributed by atoms with van der Waals surface area (Å²) in [6.45, 7) is 0. The summed E-state index contributed by atoms with van der Waals surface area (Å²) in [5, 5.41) is 0. The molecular weight excluding hydrogens is 352 g/mol. The Hall–Kier alpha value is -3.40. The van der Waals surface area contributed by atoms with Gasteiger partial charge in [0.25, 0.3) is 0 Å². The van der Waals surface area contributed by atoms with E-state index in [1.807, 2.05) is 60.7 Å². The van der Waals surface area contributed by atoms with Crippen LogP contribution < -0.4 is 9.47 Å². The third-order valence-electron chi connectivity index (χ3n) is 4.21. The zero-order valence-electron chi connectivity index (χ0n) is 15.5. The topological polar surface area (TPSA) is 52.6 Å². The van der Waals surface area contributed by atoms with Gasteiger partial charge < -0.3 is 9.47 Å². The van der Waals surface area contributed by atoms with Crippen molar-refractivity contribution >= 4 is 11.9 Å². The maximum absolute atomic E-state index is 12.0. The lowest BCUT2D eigenvalue weighted by molar-refractivity contribution is -0.135. The maximum atomic E-state index is 12.0. The molecule has 0 aliphatic rings. The van der Waals surface area contributed by atoms with Crippen molar-refractivity contribution < 1.29 is 19.1 Å². The molecule has 0 bridgehead atoms. The van der Waals surface area contributed by atoms with Crippen molar-refractivity contribution in [2.75, 3.05) is 0 Å². The second kappa shape index (κ2) is 10.1. The molecule has 3 aromatic rings. The Bertz CT molecular complexity index is 810. The Labute approximate surface area is 164 Å². The van der Waals surface area contributed by atoms with Gasteiger partial charge in [0.1, 0.15) is 11.5 Å². The van der Waals surface area contributed by atoms with Crippen molar-refractivity contribution in [3.05, 3.63) is 96.1 Å². The SMILES string of the molecule is O=C(CCc1ccccc1)Oc1ccc(OC(=O)CCc2ccccc2)cc1. The van der Waals surface area contributed by atoms with Gasteiger partial charge in [0.05, 0.1) is 0 Å². The molecule has 0 aliphatic carbocycles. The molecule has 0 aromatic heterocycles. The molecule has 0 heterocycles. The van der Waals surface area contributed by atoms with Gasteiger partial charge in [-0.05, 0) is 48.2 Å². The van der Waals surface area contributed by atoms with E-state index in [2.05, 4.69) is 0 Å². The van der Waals surface area contributed by atoms with Gasteiger partial charge in [-0.15, -0.1) is 0 Å². The van der Waals surface area contributed by atoms with Crippen molar-refractivity contribution in [1.82, 2.24) is 0 Å². The molecule has 4 nitrogen and oxygen atoms in total. The predicted molar refractivity (Wildman–Crippen MR) is 107 cm³/mol. The lowest BCUT2D eigenvalue weighted by Crippen LogP contribution is -2.10. The highest BCUT2D eigenvalue weighted by Crippen LogP contribution is 2.19. The quantitative estimate of drug-likeness (QED) is 0.421. The zero-order chi connectivity index (χ0) is 19.6. The van der Waals surface area contributed by atoms with Gasteiger partial charge >= 0.3 is 11.9 Å². The first-order chi connectivity index (χ1) is 13.7. The number of rotatable bonds is 8. The van der Waals surface area contributed by atoms with Gasteiger partial charge in [-0.25, -0.2) is 0 Å². The van der Waals surface area contributed by atoms with Crippen LogP contribution in [0.25, 0.3) is 0 Å². The Kier molecular flexibility index (Phi) is 6.96. The Morgan fingerprint density at radius 2 is 0.893 bits per heavy atom. The van der Waals surface area contributed by atoms with E-state index in [0.29, 0.717) is 37.2 Å². The predicted octanol–water partition coefficient (Wildman–Crippen LogP) is 4.76. The van der Waals surface area contributed by atoms with Gasteiger partial charge in [-0.3, -0.25) is 9.59 Å². The number of hydrogen-bond donors (Lipinski definition) is 0. The van der Waals surface area contributed by atoms with E-state index >= 15 is 0 Å². The van der Waals surface area contributed by atoms with Crippen LogP contribution in [0.4, 0.5) is 0 Å². The summed E-state index contributed by atoms with van der Waals surface area (Å²) in [4.78, 5) is 23.9. The molecule has 0 unspecified atom stereocenters. The normalized spacial score (nSPS) is 10.3. The standard InChI is InChI=1S/C24H22O4/c25-23(17-11-19-7-3-1-4-8-19)27-21-13-15-22(16-14-21)28-24(26)18-12-20-9-5-2-6-10-20/h1-10,13-16H,11-12,17-18H2.